The first-order valence-corrected chi connectivity index (χ1v) is 29.6. The first-order valence-electron chi connectivity index (χ1n) is 26.9. The minimum Gasteiger partial charge on any atom is -0.479 e. The Hall–Kier alpha value is -2.70. The van der Waals surface area contributed by atoms with E-state index in [0.29, 0.717) is 0 Å². The van der Waals surface area contributed by atoms with Crippen molar-refractivity contribution in [2.24, 2.45) is 29.6 Å². The Morgan fingerprint density at radius 3 is 1.36 bits per heavy atom. The van der Waals surface area contributed by atoms with E-state index in [1.54, 1.807) is 0 Å². The van der Waals surface area contributed by atoms with Crippen LogP contribution in [0.5, 0.6) is 0 Å². The van der Waals surface area contributed by atoms with E-state index in [4.69, 9.17) is 56.7 Å². The molecule has 12 unspecified atom stereocenters. The summed E-state index contributed by atoms with van der Waals surface area (Å²) in [6.07, 6.45) is -36.1. The van der Waals surface area contributed by atoms with E-state index in [2.05, 4.69) is 8.37 Å². The van der Waals surface area contributed by atoms with Gasteiger partial charge in [-0.2, -0.15) is 16.8 Å². The smallest absolute Gasteiger partial charge is 0.397 e. The number of rotatable bonds is 29. The van der Waals surface area contributed by atoms with Crippen molar-refractivity contribution in [3.8, 4) is 0 Å². The molecule has 6 heterocycles. The number of carboxylic acids is 2. The summed E-state index contributed by atoms with van der Waals surface area (Å²) in [5, 5.41) is 159. The van der Waals surface area contributed by atoms with Crippen LogP contribution in [-0.4, -0.2) is 334 Å². The van der Waals surface area contributed by atoms with Crippen LogP contribution >= 0.6 is 0 Å². The molecule has 0 aromatic carbocycles. The van der Waals surface area contributed by atoms with E-state index in [0.717, 1.165) is 6.08 Å². The van der Waals surface area contributed by atoms with Gasteiger partial charge in [-0.25, -0.2) is 18.0 Å². The molecular formula is C47H78O36S2. The highest BCUT2D eigenvalue weighted by Crippen LogP contribution is 2.37. The third kappa shape index (κ3) is 18.5. The normalized spacial score (nSPS) is 43.0. The second-order valence-corrected chi connectivity index (χ2v) is 23.6. The molecule has 38 heteroatoms. The fraction of sp³-hybridized carbons (Fsp3) is 0.915. The molecule has 6 aliphatic heterocycles. The van der Waals surface area contributed by atoms with Crippen LogP contribution < -0.4 is 0 Å². The average molecular weight is 1280 g/mol. The lowest BCUT2D eigenvalue weighted by Gasteiger charge is -2.45. The van der Waals surface area contributed by atoms with Crippen molar-refractivity contribution in [2.45, 2.75) is 161 Å². The third-order valence-electron chi connectivity index (χ3n) is 15.8. The van der Waals surface area contributed by atoms with Crippen LogP contribution in [0, 0.1) is 29.6 Å². The molecule has 0 aromatic rings. The molecule has 28 atom stereocenters. The number of hydrogen-bond donors (Lipinski definition) is 17. The molecule has 85 heavy (non-hydrogen) atoms. The Bertz CT molecular complexity index is 2370. The maximum atomic E-state index is 12.7. The lowest BCUT2D eigenvalue weighted by molar-refractivity contribution is -0.275. The Morgan fingerprint density at radius 2 is 0.894 bits per heavy atom. The van der Waals surface area contributed by atoms with E-state index in [1.807, 2.05) is 0 Å². The molecular weight excluding hydrogens is 1200 g/mol. The van der Waals surface area contributed by atoms with Gasteiger partial charge in [0.2, 0.25) is 5.76 Å². The summed E-state index contributed by atoms with van der Waals surface area (Å²) in [7, 11) is -10.3. The van der Waals surface area contributed by atoms with Crippen LogP contribution in [0.4, 0.5) is 0 Å². The molecule has 36 nitrogen and oxygen atoms in total. The second kappa shape index (κ2) is 31.4. The Labute approximate surface area is 485 Å². The Balaban J connectivity index is 1.08. The van der Waals surface area contributed by atoms with Crippen molar-refractivity contribution in [3.05, 3.63) is 11.8 Å². The summed E-state index contributed by atoms with van der Waals surface area (Å²) in [6.45, 7) is -3.92. The van der Waals surface area contributed by atoms with Gasteiger partial charge >= 0.3 is 32.7 Å². The molecule has 0 bridgehead atoms. The molecule has 0 radical (unpaired) electrons. The molecule has 0 aromatic heterocycles. The van der Waals surface area contributed by atoms with Crippen molar-refractivity contribution >= 4 is 32.7 Å². The minimum absolute atomic E-state index is 0.319. The van der Waals surface area contributed by atoms with Crippen molar-refractivity contribution in [1.82, 2.24) is 0 Å². The van der Waals surface area contributed by atoms with Crippen LogP contribution in [0.1, 0.15) is 20.3 Å². The quantitative estimate of drug-likeness (QED) is 0.0244. The van der Waals surface area contributed by atoms with E-state index in [9.17, 15) is 108 Å². The summed E-state index contributed by atoms with van der Waals surface area (Å²) in [5.74, 6) is -9.68. The topological polar surface area (TPSA) is 566 Å². The first kappa shape index (κ1) is 71.4. The zero-order valence-electron chi connectivity index (χ0n) is 45.6. The monoisotopic (exact) mass is 1280 g/mol. The van der Waals surface area contributed by atoms with Crippen molar-refractivity contribution in [1.29, 1.82) is 0 Å². The largest absolute Gasteiger partial charge is 0.479 e. The number of aliphatic carboxylic acids is 2. The molecule has 494 valence electrons. The number of carboxylic acid groups (broad SMARTS) is 2. The second-order valence-electron chi connectivity index (χ2n) is 21.5. The van der Waals surface area contributed by atoms with Crippen LogP contribution in [0.15, 0.2) is 11.8 Å². The van der Waals surface area contributed by atoms with E-state index >= 15 is 0 Å². The van der Waals surface area contributed by atoms with Crippen LogP contribution in [0.2, 0.25) is 0 Å². The molecule has 0 spiro atoms. The maximum Gasteiger partial charge on any atom is 0.397 e. The lowest BCUT2D eigenvalue weighted by Crippen LogP contribution is -2.59. The predicted molar refractivity (Wildman–Crippen MR) is 268 cm³/mol. The molecule has 0 aliphatic carbocycles. The minimum atomic E-state index is -5.18. The number of aliphatic hydroxyl groups is 13. The summed E-state index contributed by atoms with van der Waals surface area (Å²) in [5.41, 5.74) is 0. The van der Waals surface area contributed by atoms with Gasteiger partial charge in [0.05, 0.1) is 109 Å². The van der Waals surface area contributed by atoms with Crippen LogP contribution in [-0.2, 0) is 90.9 Å². The number of ether oxygens (including phenoxy) is 11. The number of carbonyl (C=O) groups is 2. The first-order chi connectivity index (χ1) is 39.9. The Kier molecular flexibility index (Phi) is 26.3. The van der Waals surface area contributed by atoms with Gasteiger partial charge in [-0.05, 0) is 26.3 Å². The van der Waals surface area contributed by atoms with Crippen LogP contribution in [0.3, 0.4) is 0 Å². The third-order valence-corrected chi connectivity index (χ3v) is 16.8. The van der Waals surface area contributed by atoms with Crippen LogP contribution in [0.25, 0.3) is 0 Å². The van der Waals surface area contributed by atoms with Gasteiger partial charge in [0, 0.05) is 36.2 Å². The molecule has 6 aliphatic rings. The highest BCUT2D eigenvalue weighted by atomic mass is 32.3. The molecule has 5 saturated heterocycles. The van der Waals surface area contributed by atoms with Gasteiger partial charge in [-0.15, -0.1) is 0 Å². The molecule has 0 amide bonds. The predicted octanol–water partition coefficient (Wildman–Crippen LogP) is -9.21. The fourth-order valence-corrected chi connectivity index (χ4v) is 12.1. The fourth-order valence-electron chi connectivity index (χ4n) is 11.1. The van der Waals surface area contributed by atoms with Gasteiger partial charge in [0.25, 0.3) is 0 Å². The van der Waals surface area contributed by atoms with E-state index < -0.39 is 281 Å². The van der Waals surface area contributed by atoms with Crippen molar-refractivity contribution < 1.29 is 173 Å². The standard InChI is InChI=1S/C47H78O36S2/c1-17-33(51)43(82-84(65,66)67)40(58)31(76-17)15-73-9-21-20(8-72-13-29-38(56)24(50)5-25(78-29)45(60)61)28(79-26(6-48)35(21)53)12-71-4-3-19-37(55)39(57)30(80-42(19)46(62)63)14-75-11-23-22(36(54)27(7-49)81-47(23)64)10-74-16-32-41(59)44(83-85(68,69)70)34(52)18(2)77-32/h5,17-24,26-44,47-59,64H,3-4,6-16H2,1-2H3,(H,60,61)(H,62,63)(H,65,66,67)(H,68,69,70)/t17?,18?,19-,20?,21-,22-,23?,24+,26?,27?,28+,29-,30-,31-,32-,33+,34+,35-,36-,37+,38?,39?,40?,41?,42?,43-,44-,47?/m0/s1. The average Bonchev–Trinajstić information content (AvgIpc) is 3.17. The molecule has 5 fully saturated rings. The Morgan fingerprint density at radius 1 is 0.459 bits per heavy atom. The summed E-state index contributed by atoms with van der Waals surface area (Å²) in [6, 6.07) is 0. The highest BCUT2D eigenvalue weighted by Gasteiger charge is 2.52. The van der Waals surface area contributed by atoms with E-state index in [1.165, 1.54) is 13.8 Å². The summed E-state index contributed by atoms with van der Waals surface area (Å²) in [4.78, 5) is 24.3. The summed E-state index contributed by atoms with van der Waals surface area (Å²) >= 11 is 0. The highest BCUT2D eigenvalue weighted by molar-refractivity contribution is 7.81. The molecule has 0 saturated carbocycles. The van der Waals surface area contributed by atoms with E-state index in [-0.39, 0.29) is 13.0 Å². The molecule has 17 N–H and O–H groups in total. The van der Waals surface area contributed by atoms with Crippen molar-refractivity contribution in [3.63, 3.8) is 0 Å². The van der Waals surface area contributed by atoms with Gasteiger partial charge in [-0.3, -0.25) is 9.11 Å². The zero-order chi connectivity index (χ0) is 63.0. The lowest BCUT2D eigenvalue weighted by atomic mass is 9.79. The number of aliphatic hydroxyl groups excluding tert-OH is 13. The van der Waals surface area contributed by atoms with Gasteiger partial charge in [0.15, 0.2) is 18.5 Å². The maximum absolute atomic E-state index is 12.7. The number of hydrogen-bond acceptors (Lipinski definition) is 32. The summed E-state index contributed by atoms with van der Waals surface area (Å²) < 4.78 is 136. The van der Waals surface area contributed by atoms with Gasteiger partial charge < -0.3 is 129 Å². The molecule has 6 rings (SSSR count). The van der Waals surface area contributed by atoms with Crippen molar-refractivity contribution in [2.75, 3.05) is 79.3 Å². The van der Waals surface area contributed by atoms with Gasteiger partial charge in [-0.1, -0.05) is 0 Å². The van der Waals surface area contributed by atoms with Gasteiger partial charge in [0.1, 0.15) is 85.5 Å². The zero-order valence-corrected chi connectivity index (χ0v) is 47.2. The SMILES string of the molecule is CC1O[C@@H](COC[C@H]2C(COC[C@@H]3OC(C(=O)O)[C@@H](CCOC[C@H]4OC(CO)[C@@H](O)[C@@H](COC[C@@H]5OC(C)[C@@H](O)[C@H](OS(=O)(=O)O)C5O)C4COC[C@@H]4OC(C(=O)O)=C[C@@H](O)C4O)[C@@H](O)C3O)C(O)OC(CO)[C@H]2O)C(O)[C@@H](OS(=O)(=O)O)[C@@H]1O.